The molecule has 0 saturated heterocycles. The Morgan fingerprint density at radius 2 is 1.00 bits per heavy atom. The van der Waals surface area contributed by atoms with E-state index in [1.807, 2.05) is 13.8 Å². The Balaban J connectivity index is 4.06. The predicted molar refractivity (Wildman–Crippen MR) is 147 cm³/mol. The number of hydrogen-bond donors (Lipinski definition) is 2. The van der Waals surface area contributed by atoms with Crippen molar-refractivity contribution in [3.63, 3.8) is 0 Å². The van der Waals surface area contributed by atoms with Crippen molar-refractivity contribution in [3.05, 3.63) is 24.3 Å². The van der Waals surface area contributed by atoms with Crippen molar-refractivity contribution in [2.45, 2.75) is 130 Å². The van der Waals surface area contributed by atoms with E-state index in [0.29, 0.717) is 25.0 Å². The second-order valence-corrected chi connectivity index (χ2v) is 9.77. The molecule has 0 aromatic rings. The van der Waals surface area contributed by atoms with Crippen LogP contribution in [0.5, 0.6) is 0 Å². The topological polar surface area (TPSA) is 68.2 Å². The van der Waals surface area contributed by atoms with Crippen LogP contribution in [0.25, 0.3) is 0 Å². The van der Waals surface area contributed by atoms with Gasteiger partial charge in [-0.05, 0) is 76.0 Å². The van der Waals surface area contributed by atoms with Gasteiger partial charge in [0.2, 0.25) is 0 Å². The average molecular weight is 499 g/mol. The highest BCUT2D eigenvalue weighted by Crippen LogP contribution is 2.18. The number of hydrogen-bond acceptors (Lipinski definition) is 5. The minimum absolute atomic E-state index is 0.203. The molecule has 0 aromatic heterocycles. The van der Waals surface area contributed by atoms with Crippen LogP contribution in [0.4, 0.5) is 0 Å². The predicted octanol–water partition coefficient (Wildman–Crippen LogP) is 7.56. The Kier molecular flexibility index (Phi) is 25.8. The number of ether oxygens (including phenoxy) is 3. The monoisotopic (exact) mass is 498 g/mol. The third-order valence-corrected chi connectivity index (χ3v) is 6.55. The van der Waals surface area contributed by atoms with E-state index in [1.54, 1.807) is 0 Å². The van der Waals surface area contributed by atoms with E-state index in [1.165, 1.54) is 25.7 Å². The fourth-order valence-electron chi connectivity index (χ4n) is 3.86. The molecule has 0 aliphatic rings. The molecule has 2 N–H and O–H groups in total. The van der Waals surface area contributed by atoms with E-state index >= 15 is 0 Å². The van der Waals surface area contributed by atoms with Crippen molar-refractivity contribution < 1.29 is 24.4 Å². The van der Waals surface area contributed by atoms with E-state index in [2.05, 4.69) is 38.2 Å². The summed E-state index contributed by atoms with van der Waals surface area (Å²) in [5, 5.41) is 19.8. The quantitative estimate of drug-likeness (QED) is 0.0731. The molecule has 0 saturated carbocycles. The van der Waals surface area contributed by atoms with Gasteiger partial charge >= 0.3 is 0 Å². The maximum Gasteiger partial charge on any atom is 0.149 e. The maximum atomic E-state index is 9.89. The minimum atomic E-state index is -0.203. The lowest BCUT2D eigenvalue weighted by atomic mass is 9.96. The normalized spacial score (nSPS) is 15.7. The van der Waals surface area contributed by atoms with Gasteiger partial charge in [-0.15, -0.1) is 0 Å². The molecular formula is C30H58O5. The first-order valence-electron chi connectivity index (χ1n) is 14.5. The number of aliphatic hydroxyl groups excluding tert-OH is 2. The van der Waals surface area contributed by atoms with E-state index in [4.69, 9.17) is 14.2 Å². The largest absolute Gasteiger partial charge is 0.393 e. The summed E-state index contributed by atoms with van der Waals surface area (Å²) in [6, 6.07) is 0. The van der Waals surface area contributed by atoms with Crippen molar-refractivity contribution in [2.75, 3.05) is 26.8 Å². The SMILES string of the molecule is CCCCC=CC(CCOCOCOCCC(C=CCCCC)CCC(O)CC)CCC(O)CC. The first-order valence-corrected chi connectivity index (χ1v) is 14.5. The van der Waals surface area contributed by atoms with Crippen LogP contribution in [-0.4, -0.2) is 49.2 Å². The van der Waals surface area contributed by atoms with Gasteiger partial charge in [-0.2, -0.15) is 0 Å². The van der Waals surface area contributed by atoms with E-state index < -0.39 is 0 Å². The molecule has 208 valence electrons. The Hall–Kier alpha value is -0.720. The smallest absolute Gasteiger partial charge is 0.149 e. The van der Waals surface area contributed by atoms with Crippen LogP contribution in [-0.2, 0) is 14.2 Å². The number of aliphatic hydroxyl groups is 2. The average Bonchev–Trinajstić information content (AvgIpc) is 2.87. The van der Waals surface area contributed by atoms with Crippen LogP contribution >= 0.6 is 0 Å². The van der Waals surface area contributed by atoms with Gasteiger partial charge in [-0.25, -0.2) is 0 Å². The standard InChI is InChI=1S/C30H58O5/c1-5-9-11-13-15-27(17-19-29(31)7-3)21-23-33-25-35-26-34-24-22-28(16-14-12-10-6-2)18-20-30(32)8-4/h13-16,27-32H,5-12,17-26H2,1-4H3. The third-order valence-electron chi connectivity index (χ3n) is 6.55. The molecule has 0 radical (unpaired) electrons. The lowest BCUT2D eigenvalue weighted by molar-refractivity contribution is -0.133. The molecule has 5 heteroatoms. The van der Waals surface area contributed by atoms with Crippen LogP contribution < -0.4 is 0 Å². The molecule has 0 fully saturated rings. The van der Waals surface area contributed by atoms with Gasteiger partial charge in [0.05, 0.1) is 12.2 Å². The lowest BCUT2D eigenvalue weighted by Gasteiger charge is -2.16. The molecule has 0 aromatic carbocycles. The first kappa shape index (κ1) is 34.3. The van der Waals surface area contributed by atoms with Gasteiger partial charge in [0.1, 0.15) is 13.6 Å². The Labute approximate surface area is 217 Å². The molecule has 0 aliphatic carbocycles. The third kappa shape index (κ3) is 23.4. The molecular weight excluding hydrogens is 440 g/mol. The van der Waals surface area contributed by atoms with Gasteiger partial charge in [0.15, 0.2) is 0 Å². The van der Waals surface area contributed by atoms with Crippen LogP contribution in [0.15, 0.2) is 24.3 Å². The highest BCUT2D eigenvalue weighted by Gasteiger charge is 2.10. The molecule has 0 bridgehead atoms. The van der Waals surface area contributed by atoms with Crippen molar-refractivity contribution in [3.8, 4) is 0 Å². The molecule has 4 atom stereocenters. The van der Waals surface area contributed by atoms with E-state index in [0.717, 1.165) is 64.2 Å². The van der Waals surface area contributed by atoms with Crippen LogP contribution in [0.2, 0.25) is 0 Å². The van der Waals surface area contributed by atoms with Gasteiger partial charge in [-0.1, -0.05) is 77.7 Å². The Morgan fingerprint density at radius 1 is 0.571 bits per heavy atom. The summed E-state index contributed by atoms with van der Waals surface area (Å²) in [6.45, 7) is 10.3. The van der Waals surface area contributed by atoms with Crippen molar-refractivity contribution in [2.24, 2.45) is 11.8 Å². The van der Waals surface area contributed by atoms with Crippen LogP contribution in [0.1, 0.15) is 118 Å². The van der Waals surface area contributed by atoms with Crippen LogP contribution in [0.3, 0.4) is 0 Å². The minimum Gasteiger partial charge on any atom is -0.393 e. The summed E-state index contributed by atoms with van der Waals surface area (Å²) < 4.78 is 16.8. The maximum absolute atomic E-state index is 9.89. The summed E-state index contributed by atoms with van der Waals surface area (Å²) in [5.41, 5.74) is 0. The lowest BCUT2D eigenvalue weighted by Crippen LogP contribution is -2.12. The summed E-state index contributed by atoms with van der Waals surface area (Å²) in [7, 11) is 0. The van der Waals surface area contributed by atoms with Gasteiger partial charge in [0, 0.05) is 13.2 Å². The molecule has 0 aliphatic heterocycles. The second-order valence-electron chi connectivity index (χ2n) is 9.77. The number of allylic oxidation sites excluding steroid dienone is 4. The van der Waals surface area contributed by atoms with E-state index in [9.17, 15) is 10.2 Å². The molecule has 0 rings (SSSR count). The Bertz CT molecular complexity index is 437. The highest BCUT2D eigenvalue weighted by molar-refractivity contribution is 4.89. The molecule has 5 nitrogen and oxygen atoms in total. The van der Waals surface area contributed by atoms with Gasteiger partial charge in [-0.3, -0.25) is 0 Å². The summed E-state index contributed by atoms with van der Waals surface area (Å²) in [4.78, 5) is 0. The zero-order valence-corrected chi connectivity index (χ0v) is 23.5. The molecule has 0 heterocycles. The summed E-state index contributed by atoms with van der Waals surface area (Å²) in [6.07, 6.45) is 23.1. The van der Waals surface area contributed by atoms with Crippen molar-refractivity contribution in [1.82, 2.24) is 0 Å². The second kappa shape index (κ2) is 26.3. The van der Waals surface area contributed by atoms with Crippen LogP contribution in [0, 0.1) is 11.8 Å². The first-order chi connectivity index (χ1) is 17.1. The summed E-state index contributed by atoms with van der Waals surface area (Å²) >= 11 is 0. The zero-order chi connectivity index (χ0) is 26.0. The summed E-state index contributed by atoms with van der Waals surface area (Å²) in [5.74, 6) is 0.885. The Morgan fingerprint density at radius 3 is 1.37 bits per heavy atom. The number of rotatable bonds is 26. The molecule has 0 amide bonds. The molecule has 35 heavy (non-hydrogen) atoms. The fraction of sp³-hybridized carbons (Fsp3) is 0.867. The zero-order valence-electron chi connectivity index (χ0n) is 23.5. The fourth-order valence-corrected chi connectivity index (χ4v) is 3.86. The number of unbranched alkanes of at least 4 members (excludes halogenated alkanes) is 4. The van der Waals surface area contributed by atoms with Gasteiger partial charge < -0.3 is 24.4 Å². The van der Waals surface area contributed by atoms with Gasteiger partial charge in [0.25, 0.3) is 0 Å². The van der Waals surface area contributed by atoms with Crippen molar-refractivity contribution in [1.29, 1.82) is 0 Å². The van der Waals surface area contributed by atoms with E-state index in [-0.39, 0.29) is 25.8 Å². The highest BCUT2D eigenvalue weighted by atomic mass is 16.7. The molecule has 0 spiro atoms. The van der Waals surface area contributed by atoms with Crippen molar-refractivity contribution >= 4 is 0 Å². The molecule has 4 unspecified atom stereocenters.